The third-order valence-corrected chi connectivity index (χ3v) is 6.68. The Hall–Kier alpha value is -2.30. The second kappa shape index (κ2) is 12.7. The largest absolute Gasteiger partial charge is 0.507 e. The summed E-state index contributed by atoms with van der Waals surface area (Å²) >= 11 is 0. The first-order chi connectivity index (χ1) is 17.3. The maximum absolute atomic E-state index is 11.6. The second-order valence-electron chi connectivity index (χ2n) is 11.8. The predicted octanol–water partition coefficient (Wildman–Crippen LogP) is 7.85. The molecule has 0 unspecified atom stereocenters. The number of aryl methyl sites for hydroxylation is 1. The molecule has 0 saturated carbocycles. The van der Waals surface area contributed by atoms with Crippen molar-refractivity contribution in [2.45, 2.75) is 65.7 Å². The van der Waals surface area contributed by atoms with Crippen molar-refractivity contribution in [2.75, 3.05) is 32.3 Å². The van der Waals surface area contributed by atoms with Gasteiger partial charge < -0.3 is 24.6 Å². The fraction of sp³-hybridized carbons (Fsp3) is 0.438. The van der Waals surface area contributed by atoms with Crippen LogP contribution in [0.1, 0.15) is 64.7 Å². The quantitative estimate of drug-likeness (QED) is 0.259. The molecule has 3 aromatic rings. The summed E-state index contributed by atoms with van der Waals surface area (Å²) in [6.07, 6.45) is 0.749. The van der Waals surface area contributed by atoms with Crippen molar-refractivity contribution in [2.24, 2.45) is 0 Å². The summed E-state index contributed by atoms with van der Waals surface area (Å²) in [6, 6.07) is 15.9. The van der Waals surface area contributed by atoms with Gasteiger partial charge in [-0.25, -0.2) is 0 Å². The Kier molecular flexibility index (Phi) is 10.7. The average molecular weight is 597 g/mol. The van der Waals surface area contributed by atoms with Crippen LogP contribution in [0.4, 0.5) is 11.4 Å². The molecule has 0 aliphatic rings. The van der Waals surface area contributed by atoms with Crippen molar-refractivity contribution >= 4 is 11.4 Å². The number of para-hydroxylation sites is 1. The van der Waals surface area contributed by atoms with Gasteiger partial charge in [0.15, 0.2) is 0 Å². The van der Waals surface area contributed by atoms with Crippen LogP contribution in [0.5, 0.6) is 17.2 Å². The van der Waals surface area contributed by atoms with E-state index in [9.17, 15) is 10.2 Å². The van der Waals surface area contributed by atoms with Crippen LogP contribution in [0.3, 0.4) is 0 Å². The Bertz CT molecular complexity index is 1240. The van der Waals surface area contributed by atoms with Gasteiger partial charge in [-0.1, -0.05) is 65.8 Å². The monoisotopic (exact) mass is 595 g/mol. The van der Waals surface area contributed by atoms with Gasteiger partial charge >= 0.3 is 0 Å². The Morgan fingerprint density at radius 3 is 1.95 bits per heavy atom. The molecule has 6 heteroatoms. The summed E-state index contributed by atoms with van der Waals surface area (Å²) in [5.41, 5.74) is 5.51. The van der Waals surface area contributed by atoms with E-state index in [1.165, 1.54) is 0 Å². The molecule has 0 saturated heterocycles. The predicted molar refractivity (Wildman–Crippen MR) is 154 cm³/mol. The molecule has 204 valence electrons. The molecule has 5 nitrogen and oxygen atoms in total. The van der Waals surface area contributed by atoms with E-state index in [0.717, 1.165) is 39.9 Å². The van der Waals surface area contributed by atoms with Crippen LogP contribution in [0.2, 0.25) is 0 Å². The second-order valence-corrected chi connectivity index (χ2v) is 11.8. The van der Waals surface area contributed by atoms with Crippen LogP contribution >= 0.6 is 0 Å². The summed E-state index contributed by atoms with van der Waals surface area (Å²) in [4.78, 5) is 2.11. The Labute approximate surface area is 247 Å². The molecule has 0 atom stereocenters. The van der Waals surface area contributed by atoms with E-state index in [4.69, 9.17) is 9.47 Å². The van der Waals surface area contributed by atoms with Crippen molar-refractivity contribution in [3.63, 3.8) is 0 Å². The summed E-state index contributed by atoms with van der Waals surface area (Å²) in [5, 5.41) is 23.0. The van der Waals surface area contributed by atoms with Gasteiger partial charge in [-0.15, -0.1) is 0 Å². The first-order valence-electron chi connectivity index (χ1n) is 12.9. The first kappa shape index (κ1) is 31.9. The van der Waals surface area contributed by atoms with E-state index in [0.29, 0.717) is 24.6 Å². The van der Waals surface area contributed by atoms with Crippen LogP contribution in [-0.4, -0.2) is 37.6 Å². The zero-order valence-electron chi connectivity index (χ0n) is 24.4. The van der Waals surface area contributed by atoms with Crippen LogP contribution < -0.4 is 9.64 Å². The van der Waals surface area contributed by atoms with Crippen molar-refractivity contribution in [3.8, 4) is 28.4 Å². The SMILES string of the molecule is COCCCN(c1ccccc1-c1cc(C)cc(C(C)(C)C)c1O)c1cc(OC)cc(C(C)(C)C)c1O.[Zr]. The number of rotatable bonds is 8. The number of hydrogen-bond donors (Lipinski definition) is 2. The number of phenols is 2. The number of anilines is 2. The summed E-state index contributed by atoms with van der Waals surface area (Å²) in [5.74, 6) is 1.19. The topological polar surface area (TPSA) is 62.2 Å². The number of phenolic OH excluding ortho intramolecular Hbond substituents is 2. The van der Waals surface area contributed by atoms with E-state index in [1.807, 2.05) is 42.5 Å². The third-order valence-electron chi connectivity index (χ3n) is 6.68. The number of ether oxygens (including phenoxy) is 2. The van der Waals surface area contributed by atoms with Gasteiger partial charge in [-0.05, 0) is 47.9 Å². The van der Waals surface area contributed by atoms with Gasteiger partial charge in [0.2, 0.25) is 0 Å². The number of benzene rings is 3. The first-order valence-corrected chi connectivity index (χ1v) is 12.9. The van der Waals surface area contributed by atoms with Crippen LogP contribution in [0, 0.1) is 6.92 Å². The molecule has 2 N–H and O–H groups in total. The molecule has 0 radical (unpaired) electrons. The number of hydrogen-bond acceptors (Lipinski definition) is 5. The minimum atomic E-state index is -0.290. The van der Waals surface area contributed by atoms with Crippen molar-refractivity contribution in [3.05, 3.63) is 65.2 Å². The molecule has 0 amide bonds. The van der Waals surface area contributed by atoms with Gasteiger partial charge in [-0.3, -0.25) is 0 Å². The molecule has 0 aliphatic carbocycles. The molecule has 0 aliphatic heterocycles. The molecule has 0 spiro atoms. The van der Waals surface area contributed by atoms with E-state index in [-0.39, 0.29) is 48.5 Å². The molecule has 0 fully saturated rings. The Balaban J connectivity index is 0.00000507. The van der Waals surface area contributed by atoms with Gasteiger partial charge in [-0.2, -0.15) is 0 Å². The molecule has 0 heterocycles. The number of nitrogens with zero attached hydrogens (tertiary/aromatic N) is 1. The number of aromatic hydroxyl groups is 2. The maximum atomic E-state index is 11.6. The van der Waals surface area contributed by atoms with E-state index in [1.54, 1.807) is 14.2 Å². The van der Waals surface area contributed by atoms with Crippen molar-refractivity contribution in [1.82, 2.24) is 0 Å². The molecular weight excluding hydrogens is 554 g/mol. The fourth-order valence-corrected chi connectivity index (χ4v) is 4.72. The van der Waals surface area contributed by atoms with E-state index >= 15 is 0 Å². The normalized spacial score (nSPS) is 11.7. The Morgan fingerprint density at radius 1 is 0.763 bits per heavy atom. The molecule has 3 rings (SSSR count). The Morgan fingerprint density at radius 2 is 1.37 bits per heavy atom. The average Bonchev–Trinajstić information content (AvgIpc) is 2.82. The third kappa shape index (κ3) is 7.01. The van der Waals surface area contributed by atoms with E-state index < -0.39 is 0 Å². The van der Waals surface area contributed by atoms with Crippen molar-refractivity contribution in [1.29, 1.82) is 0 Å². The number of methoxy groups -OCH3 is 2. The molecule has 0 aromatic heterocycles. The van der Waals surface area contributed by atoms with E-state index in [2.05, 4.69) is 59.4 Å². The molecule has 3 aromatic carbocycles. The van der Waals surface area contributed by atoms with Gasteiger partial charge in [0, 0.05) is 80.5 Å². The zero-order chi connectivity index (χ0) is 27.5. The summed E-state index contributed by atoms with van der Waals surface area (Å²) < 4.78 is 11.0. The zero-order valence-corrected chi connectivity index (χ0v) is 26.9. The minimum absolute atomic E-state index is 0. The fourth-order valence-electron chi connectivity index (χ4n) is 4.72. The van der Waals surface area contributed by atoms with Crippen LogP contribution in [0.25, 0.3) is 11.1 Å². The van der Waals surface area contributed by atoms with Crippen LogP contribution in [-0.2, 0) is 41.8 Å². The van der Waals surface area contributed by atoms with Gasteiger partial charge in [0.1, 0.15) is 17.2 Å². The molecular formula is C32H43NO4Zr. The summed E-state index contributed by atoms with van der Waals surface area (Å²) in [6.45, 7) is 15.8. The molecule has 38 heavy (non-hydrogen) atoms. The van der Waals surface area contributed by atoms with Crippen LogP contribution in [0.15, 0.2) is 48.5 Å². The maximum Gasteiger partial charge on any atom is 0.143 e. The summed E-state index contributed by atoms with van der Waals surface area (Å²) in [7, 11) is 3.34. The molecule has 0 bridgehead atoms. The smallest absolute Gasteiger partial charge is 0.143 e. The van der Waals surface area contributed by atoms with Gasteiger partial charge in [0.05, 0.1) is 12.8 Å². The van der Waals surface area contributed by atoms with Gasteiger partial charge in [0.25, 0.3) is 0 Å². The standard InChI is InChI=1S/C32H43NO4.Zr/c1-21-17-24(29(34)25(18-21)31(2,3)4)23-13-10-11-14-27(23)33(15-12-16-36-8)28-20-22(37-9)19-26(30(28)35)32(5,6)7;/h10-11,13-14,17-20,34-35H,12,15-16H2,1-9H3;. The van der Waals surface area contributed by atoms with Crippen molar-refractivity contribution < 1.29 is 45.9 Å². The minimum Gasteiger partial charge on any atom is -0.507 e.